The molecule has 1 unspecified atom stereocenters. The second-order valence-electron chi connectivity index (χ2n) is 8.41. The van der Waals surface area contributed by atoms with Gasteiger partial charge in [0.2, 0.25) is 0 Å². The van der Waals surface area contributed by atoms with E-state index in [0.29, 0.717) is 5.92 Å². The average molecular weight is 406 g/mol. The Bertz CT molecular complexity index is 1460. The fourth-order valence-electron chi connectivity index (χ4n) is 5.09. The molecule has 1 atom stereocenters. The molecule has 0 saturated carbocycles. The smallest absolute Gasteiger partial charge is 0.0566 e. The summed E-state index contributed by atoms with van der Waals surface area (Å²) in [6.07, 6.45) is 12.6. The molecule has 3 aromatic rings. The first-order valence-electron chi connectivity index (χ1n) is 10.7. The van der Waals surface area contributed by atoms with Gasteiger partial charge in [-0.2, -0.15) is 0 Å². The van der Waals surface area contributed by atoms with Crippen LogP contribution in [0.5, 0.6) is 0 Å². The van der Waals surface area contributed by atoms with Crippen molar-refractivity contribution in [2.24, 2.45) is 4.40 Å². The van der Waals surface area contributed by atoms with E-state index in [1.165, 1.54) is 53.7 Å². The van der Waals surface area contributed by atoms with Gasteiger partial charge in [0.25, 0.3) is 0 Å². The van der Waals surface area contributed by atoms with Gasteiger partial charge in [0, 0.05) is 22.8 Å². The van der Waals surface area contributed by atoms with Crippen LogP contribution in [-0.4, -0.2) is 5.71 Å². The maximum atomic E-state index is 5.01. The van der Waals surface area contributed by atoms with Crippen LogP contribution in [0, 0.1) is 17.4 Å². The number of allylic oxidation sites excluding steroid dienone is 1. The molecule has 30 heavy (non-hydrogen) atoms. The molecule has 0 amide bonds. The Kier molecular flexibility index (Phi) is 4.28. The fourth-order valence-corrected chi connectivity index (χ4v) is 5.86. The third-order valence-electron chi connectivity index (χ3n) is 6.54. The van der Waals surface area contributed by atoms with Crippen molar-refractivity contribution in [1.29, 1.82) is 0 Å². The van der Waals surface area contributed by atoms with Crippen molar-refractivity contribution in [2.75, 3.05) is 0 Å². The van der Waals surface area contributed by atoms with E-state index in [2.05, 4.69) is 85.8 Å². The number of fused-ring (bicyclic) bond motifs is 5. The third-order valence-corrected chi connectivity index (χ3v) is 7.41. The van der Waals surface area contributed by atoms with Crippen LogP contribution in [0.3, 0.4) is 0 Å². The maximum Gasteiger partial charge on any atom is 0.0566 e. The molecule has 2 heteroatoms. The maximum absolute atomic E-state index is 5.01. The Balaban J connectivity index is 1.56. The lowest BCUT2D eigenvalue weighted by molar-refractivity contribution is 0.768. The summed E-state index contributed by atoms with van der Waals surface area (Å²) in [6, 6.07) is 20.0. The SMILES string of the molecule is Cc1ccc2c(c1)=CCc1c3c(ccc1=2)=CCCC3C1=NSc2ccccc2C=C1. The Morgan fingerprint density at radius 1 is 0.900 bits per heavy atom. The molecule has 0 aromatic heterocycles. The molecule has 6 rings (SSSR count). The van der Waals surface area contributed by atoms with Crippen molar-refractivity contribution in [1.82, 2.24) is 0 Å². The lowest BCUT2D eigenvalue weighted by Crippen LogP contribution is -2.26. The summed E-state index contributed by atoms with van der Waals surface area (Å²) >= 11 is 1.62. The topological polar surface area (TPSA) is 12.4 Å². The van der Waals surface area contributed by atoms with Gasteiger partial charge in [0.05, 0.1) is 5.71 Å². The van der Waals surface area contributed by atoms with E-state index in [0.717, 1.165) is 19.3 Å². The van der Waals surface area contributed by atoms with Crippen LogP contribution in [-0.2, 0) is 6.42 Å². The van der Waals surface area contributed by atoms with E-state index in [1.54, 1.807) is 11.9 Å². The van der Waals surface area contributed by atoms with Crippen LogP contribution in [0.2, 0.25) is 0 Å². The first kappa shape index (κ1) is 18.0. The molecular weight excluding hydrogens is 382 g/mol. The minimum absolute atomic E-state index is 0.360. The standard InChI is InChI=1S/C28H23NS/c1-18-9-13-22-21(17-18)11-15-24-23(22)14-10-20-6-4-7-25(28(20)24)26-16-12-19-5-2-3-8-27(19)30-29-26/h2-3,5-6,8-14,16-17,25H,4,7,15H2,1H3. The molecule has 1 aliphatic heterocycles. The molecule has 3 aromatic carbocycles. The Morgan fingerprint density at radius 3 is 2.77 bits per heavy atom. The van der Waals surface area contributed by atoms with Crippen LogP contribution >= 0.6 is 11.9 Å². The van der Waals surface area contributed by atoms with E-state index in [9.17, 15) is 0 Å². The van der Waals surface area contributed by atoms with Crippen LogP contribution in [0.1, 0.15) is 41.0 Å². The van der Waals surface area contributed by atoms with Gasteiger partial charge in [-0.1, -0.05) is 72.3 Å². The molecule has 0 radical (unpaired) electrons. The zero-order chi connectivity index (χ0) is 20.1. The van der Waals surface area contributed by atoms with Crippen molar-refractivity contribution < 1.29 is 0 Å². The van der Waals surface area contributed by atoms with Gasteiger partial charge >= 0.3 is 0 Å². The molecule has 1 heterocycles. The minimum atomic E-state index is 0.360. The van der Waals surface area contributed by atoms with E-state index in [4.69, 9.17) is 4.40 Å². The average Bonchev–Trinajstić information content (AvgIpc) is 3.00. The summed E-state index contributed by atoms with van der Waals surface area (Å²) < 4.78 is 5.01. The van der Waals surface area contributed by atoms with E-state index in [-0.39, 0.29) is 0 Å². The van der Waals surface area contributed by atoms with Crippen molar-refractivity contribution in [3.8, 4) is 0 Å². The summed E-state index contributed by atoms with van der Waals surface area (Å²) in [4.78, 5) is 1.24. The van der Waals surface area contributed by atoms with Crippen LogP contribution in [0.15, 0.2) is 70.0 Å². The molecule has 1 nitrogen and oxygen atoms in total. The molecule has 0 saturated heterocycles. The number of rotatable bonds is 1. The fraction of sp³-hybridized carbons (Fsp3) is 0.179. The summed E-state index contributed by atoms with van der Waals surface area (Å²) in [6.45, 7) is 2.17. The summed E-state index contributed by atoms with van der Waals surface area (Å²) in [5.41, 5.74) is 6.78. The third kappa shape index (κ3) is 2.90. The van der Waals surface area contributed by atoms with E-state index < -0.39 is 0 Å². The lowest BCUT2D eigenvalue weighted by atomic mass is 9.79. The summed E-state index contributed by atoms with van der Waals surface area (Å²) in [5.74, 6) is 0.360. The molecule has 0 N–H and O–H groups in total. The van der Waals surface area contributed by atoms with Gasteiger partial charge in [0.1, 0.15) is 0 Å². The predicted molar refractivity (Wildman–Crippen MR) is 128 cm³/mol. The Labute approximate surface area is 181 Å². The highest BCUT2D eigenvalue weighted by atomic mass is 32.2. The van der Waals surface area contributed by atoms with Crippen molar-refractivity contribution in [3.63, 3.8) is 0 Å². The normalized spacial score (nSPS) is 18.6. The molecule has 0 bridgehead atoms. The number of benzene rings is 3. The molecule has 2 aliphatic carbocycles. The quantitative estimate of drug-likeness (QED) is 0.490. The van der Waals surface area contributed by atoms with Gasteiger partial charge < -0.3 is 0 Å². The molecule has 0 spiro atoms. The molecule has 3 aliphatic rings. The van der Waals surface area contributed by atoms with Crippen LogP contribution in [0.4, 0.5) is 0 Å². The zero-order valence-electron chi connectivity index (χ0n) is 17.1. The van der Waals surface area contributed by atoms with Gasteiger partial charge in [0.15, 0.2) is 0 Å². The van der Waals surface area contributed by atoms with Gasteiger partial charge in [-0.05, 0) is 75.9 Å². The zero-order valence-corrected chi connectivity index (χ0v) is 17.9. The highest BCUT2D eigenvalue weighted by Crippen LogP contribution is 2.34. The summed E-state index contributed by atoms with van der Waals surface area (Å²) in [5, 5.41) is 5.54. The second-order valence-corrected chi connectivity index (χ2v) is 9.21. The van der Waals surface area contributed by atoms with Crippen molar-refractivity contribution in [2.45, 2.75) is 37.0 Å². The summed E-state index contributed by atoms with van der Waals surface area (Å²) in [7, 11) is 0. The lowest BCUT2D eigenvalue weighted by Gasteiger charge is -2.25. The Morgan fingerprint density at radius 2 is 1.80 bits per heavy atom. The number of aryl methyl sites for hydroxylation is 1. The van der Waals surface area contributed by atoms with Crippen molar-refractivity contribution >= 4 is 35.9 Å². The van der Waals surface area contributed by atoms with Crippen molar-refractivity contribution in [3.05, 3.63) is 104 Å². The predicted octanol–water partition coefficient (Wildman–Crippen LogP) is 5.45. The van der Waals surface area contributed by atoms with Crippen LogP contribution in [0.25, 0.3) is 18.2 Å². The first-order valence-corrected chi connectivity index (χ1v) is 11.5. The number of nitrogens with zero attached hydrogens (tertiary/aromatic N) is 1. The highest BCUT2D eigenvalue weighted by Gasteiger charge is 2.25. The van der Waals surface area contributed by atoms with Crippen LogP contribution < -0.4 is 10.4 Å². The number of hydrogen-bond acceptors (Lipinski definition) is 2. The van der Waals surface area contributed by atoms with E-state index in [1.807, 2.05) is 0 Å². The van der Waals surface area contributed by atoms with E-state index >= 15 is 0 Å². The minimum Gasteiger partial charge on any atom is -0.215 e. The van der Waals surface area contributed by atoms with Gasteiger partial charge in [-0.25, -0.2) is 4.40 Å². The number of hydrogen-bond donors (Lipinski definition) is 0. The molecule has 0 fully saturated rings. The largest absolute Gasteiger partial charge is 0.215 e. The molecular formula is C28H23NS. The van der Waals surface area contributed by atoms with Gasteiger partial charge in [-0.3, -0.25) is 0 Å². The first-order chi connectivity index (χ1) is 14.8. The highest BCUT2D eigenvalue weighted by molar-refractivity contribution is 7.98. The van der Waals surface area contributed by atoms with Gasteiger partial charge in [-0.15, -0.1) is 0 Å². The Hall–Kier alpha value is -2.84. The second kappa shape index (κ2) is 7.14. The monoisotopic (exact) mass is 405 g/mol. The molecule has 146 valence electrons.